The van der Waals surface area contributed by atoms with Crippen LogP contribution in [-0.2, 0) is 19.3 Å². The van der Waals surface area contributed by atoms with Gasteiger partial charge in [0.25, 0.3) is 5.56 Å². The number of fused-ring (bicyclic) bond motifs is 1. The van der Waals surface area contributed by atoms with Crippen LogP contribution in [-0.4, -0.2) is 37.4 Å². The Morgan fingerprint density at radius 1 is 1.37 bits per heavy atom. The number of halogens is 4. The van der Waals surface area contributed by atoms with Gasteiger partial charge < -0.3 is 0 Å². The van der Waals surface area contributed by atoms with Gasteiger partial charge in [0.1, 0.15) is 5.15 Å². The van der Waals surface area contributed by atoms with Gasteiger partial charge in [0, 0.05) is 30.3 Å². The average Bonchev–Trinajstić information content (AvgIpc) is 3.15. The molecule has 0 fully saturated rings. The number of aromatic nitrogens is 4. The minimum absolute atomic E-state index is 0.145. The molecule has 0 spiro atoms. The Kier molecular flexibility index (Phi) is 6.51. The zero-order valence-corrected chi connectivity index (χ0v) is 18.1. The van der Waals surface area contributed by atoms with Gasteiger partial charge in [-0.2, -0.15) is 23.4 Å². The van der Waals surface area contributed by atoms with E-state index in [0.717, 1.165) is 34.2 Å². The fourth-order valence-corrected chi connectivity index (χ4v) is 4.02. The van der Waals surface area contributed by atoms with E-state index in [1.807, 2.05) is 20.2 Å². The number of thiazole rings is 1. The maximum Gasteiger partial charge on any atom is 0.435 e. The molecule has 0 amide bonds. The summed E-state index contributed by atoms with van der Waals surface area (Å²) in [6, 6.07) is 2.03. The highest BCUT2D eigenvalue weighted by atomic mass is 35.5. The second kappa shape index (κ2) is 8.76. The lowest BCUT2D eigenvalue weighted by Crippen LogP contribution is -2.21. The zero-order valence-electron chi connectivity index (χ0n) is 16.6. The Balaban J connectivity index is 1.90. The third-order valence-corrected chi connectivity index (χ3v) is 5.57. The molecule has 0 radical (unpaired) electrons. The molecule has 0 aromatic carbocycles. The van der Waals surface area contributed by atoms with Crippen LogP contribution in [0.15, 0.2) is 22.0 Å². The largest absolute Gasteiger partial charge is 0.435 e. The molecule has 0 aliphatic rings. The first-order valence-electron chi connectivity index (χ1n) is 9.15. The van der Waals surface area contributed by atoms with Gasteiger partial charge in [-0.3, -0.25) is 14.2 Å². The molecule has 0 unspecified atom stereocenters. The molecule has 0 saturated carbocycles. The summed E-state index contributed by atoms with van der Waals surface area (Å²) >= 11 is 7.20. The van der Waals surface area contributed by atoms with Crippen LogP contribution in [0.2, 0.25) is 5.15 Å². The van der Waals surface area contributed by atoms with Gasteiger partial charge in [-0.25, -0.2) is 9.67 Å². The van der Waals surface area contributed by atoms with Crippen molar-refractivity contribution in [3.05, 3.63) is 49.6 Å². The maximum atomic E-state index is 12.8. The van der Waals surface area contributed by atoms with Crippen LogP contribution in [0.5, 0.6) is 0 Å². The molecule has 12 heteroatoms. The molecule has 30 heavy (non-hydrogen) atoms. The van der Waals surface area contributed by atoms with E-state index in [2.05, 4.69) is 22.1 Å². The first-order valence-corrected chi connectivity index (χ1v) is 10.3. The summed E-state index contributed by atoms with van der Waals surface area (Å²) in [5, 5.41) is 9.37. The first kappa shape index (κ1) is 22.3. The van der Waals surface area contributed by atoms with Gasteiger partial charge in [0.15, 0.2) is 10.7 Å². The van der Waals surface area contributed by atoms with Crippen LogP contribution >= 0.6 is 22.9 Å². The summed E-state index contributed by atoms with van der Waals surface area (Å²) in [6.45, 7) is 4.23. The molecule has 3 heterocycles. The van der Waals surface area contributed by atoms with Crippen LogP contribution in [0.25, 0.3) is 4.96 Å². The van der Waals surface area contributed by atoms with Gasteiger partial charge in [0.05, 0.1) is 24.5 Å². The molecule has 0 aliphatic carbocycles. The van der Waals surface area contributed by atoms with Crippen molar-refractivity contribution in [1.29, 1.82) is 0 Å². The Bertz CT molecular complexity index is 1130. The summed E-state index contributed by atoms with van der Waals surface area (Å²) in [4.78, 5) is 18.5. The molecule has 0 atom stereocenters. The van der Waals surface area contributed by atoms with Crippen molar-refractivity contribution in [2.45, 2.75) is 46.0 Å². The standard InChI is InChI=1S/C18H20ClF3N6OS/c1-4-5-6-23-26(3)10-13-11(2)30-17-24-12(7-16(29)28(13)17)9-27-15(19)8-14(25-27)18(20,21)22/h6-8H,4-5,9-10H2,1-3H3/b23-6-. The number of aryl methyl sites for hydroxylation is 1. The zero-order chi connectivity index (χ0) is 22.1. The van der Waals surface area contributed by atoms with Gasteiger partial charge in [-0.1, -0.05) is 24.9 Å². The highest BCUT2D eigenvalue weighted by Crippen LogP contribution is 2.30. The number of alkyl halides is 3. The van der Waals surface area contributed by atoms with E-state index in [-0.39, 0.29) is 23.0 Å². The van der Waals surface area contributed by atoms with Crippen molar-refractivity contribution < 1.29 is 13.2 Å². The van der Waals surface area contributed by atoms with Crippen LogP contribution in [0.4, 0.5) is 13.2 Å². The summed E-state index contributed by atoms with van der Waals surface area (Å²) in [6.07, 6.45) is -0.914. The molecular weight excluding hydrogens is 441 g/mol. The van der Waals surface area contributed by atoms with Gasteiger partial charge in [-0.15, -0.1) is 11.3 Å². The number of hydrogen-bond acceptors (Lipinski definition) is 6. The Labute approximate surface area is 179 Å². The van der Waals surface area contributed by atoms with Crippen molar-refractivity contribution in [2.24, 2.45) is 5.10 Å². The smallest absolute Gasteiger partial charge is 0.294 e. The number of nitrogens with zero attached hydrogens (tertiary/aromatic N) is 6. The number of rotatable bonds is 7. The molecule has 7 nitrogen and oxygen atoms in total. The lowest BCUT2D eigenvalue weighted by molar-refractivity contribution is -0.141. The molecule has 3 rings (SSSR count). The fraction of sp³-hybridized carbons (Fsp3) is 0.444. The normalized spacial score (nSPS) is 12.4. The van der Waals surface area contributed by atoms with E-state index in [9.17, 15) is 18.0 Å². The monoisotopic (exact) mass is 460 g/mol. The summed E-state index contributed by atoms with van der Waals surface area (Å²) in [5.41, 5.74) is -0.363. The van der Waals surface area contributed by atoms with Crippen molar-refractivity contribution in [3.8, 4) is 0 Å². The van der Waals surface area contributed by atoms with E-state index >= 15 is 0 Å². The van der Waals surface area contributed by atoms with Crippen LogP contribution in [0.3, 0.4) is 0 Å². The first-order chi connectivity index (χ1) is 14.1. The van der Waals surface area contributed by atoms with E-state index in [1.54, 1.807) is 5.01 Å². The summed E-state index contributed by atoms with van der Waals surface area (Å²) < 4.78 is 41.0. The summed E-state index contributed by atoms with van der Waals surface area (Å²) in [5.74, 6) is 0. The lowest BCUT2D eigenvalue weighted by atomic mass is 10.3. The molecule has 0 bridgehead atoms. The van der Waals surface area contributed by atoms with Crippen LogP contribution in [0.1, 0.15) is 41.7 Å². The minimum atomic E-state index is -4.60. The third kappa shape index (κ3) is 4.84. The average molecular weight is 461 g/mol. The van der Waals surface area contributed by atoms with Crippen LogP contribution in [0, 0.1) is 6.92 Å². The molecular formula is C18H20ClF3N6OS. The van der Waals surface area contributed by atoms with Crippen LogP contribution < -0.4 is 5.56 Å². The van der Waals surface area contributed by atoms with Gasteiger partial charge >= 0.3 is 6.18 Å². The van der Waals surface area contributed by atoms with E-state index < -0.39 is 11.9 Å². The van der Waals surface area contributed by atoms with Crippen molar-refractivity contribution in [3.63, 3.8) is 0 Å². The fourth-order valence-electron chi connectivity index (χ4n) is 2.82. The maximum absolute atomic E-state index is 12.8. The molecule has 0 N–H and O–H groups in total. The highest BCUT2D eigenvalue weighted by molar-refractivity contribution is 7.17. The quantitative estimate of drug-likeness (QED) is 0.391. The second-order valence-corrected chi connectivity index (χ2v) is 8.29. The van der Waals surface area contributed by atoms with Gasteiger partial charge in [-0.05, 0) is 13.3 Å². The molecule has 0 saturated heterocycles. The van der Waals surface area contributed by atoms with Gasteiger partial charge in [0.2, 0.25) is 0 Å². The lowest BCUT2D eigenvalue weighted by Gasteiger charge is -2.13. The number of hydrazone groups is 1. The number of hydrogen-bond donors (Lipinski definition) is 0. The molecule has 3 aromatic heterocycles. The molecule has 3 aromatic rings. The van der Waals surface area contributed by atoms with E-state index in [0.29, 0.717) is 11.5 Å². The molecule has 162 valence electrons. The molecule has 0 aliphatic heterocycles. The summed E-state index contributed by atoms with van der Waals surface area (Å²) in [7, 11) is 1.82. The van der Waals surface area contributed by atoms with E-state index in [4.69, 9.17) is 11.6 Å². The Morgan fingerprint density at radius 3 is 2.73 bits per heavy atom. The third-order valence-electron chi connectivity index (χ3n) is 4.27. The predicted molar refractivity (Wildman–Crippen MR) is 110 cm³/mol. The Hall–Kier alpha value is -2.40. The second-order valence-electron chi connectivity index (χ2n) is 6.72. The minimum Gasteiger partial charge on any atom is -0.294 e. The van der Waals surface area contributed by atoms with Crippen molar-refractivity contribution in [2.75, 3.05) is 7.05 Å². The predicted octanol–water partition coefficient (Wildman–Crippen LogP) is 4.20. The van der Waals surface area contributed by atoms with Crippen molar-refractivity contribution in [1.82, 2.24) is 24.2 Å². The Morgan fingerprint density at radius 2 is 2.10 bits per heavy atom. The topological polar surface area (TPSA) is 67.8 Å². The van der Waals surface area contributed by atoms with Crippen molar-refractivity contribution >= 4 is 34.1 Å². The highest BCUT2D eigenvalue weighted by Gasteiger charge is 2.34. The van der Waals surface area contributed by atoms with E-state index in [1.165, 1.54) is 21.8 Å². The number of unbranched alkanes of at least 4 members (excludes halogenated alkanes) is 1. The SMILES string of the molecule is CCC/C=N\N(C)Cc1c(C)sc2nc(Cn3nc(C(F)(F)F)cc3Cl)cc(=O)n12.